The molecule has 6 nitrogen and oxygen atoms in total. The van der Waals surface area contributed by atoms with Crippen molar-refractivity contribution in [3.05, 3.63) is 48.6 Å². The maximum atomic E-state index is 12.0. The number of ether oxygens (including phenoxy) is 2. The predicted molar refractivity (Wildman–Crippen MR) is 211 cm³/mol. The molecule has 2 N–H and O–H groups in total. The van der Waals surface area contributed by atoms with Crippen molar-refractivity contribution in [3.8, 4) is 0 Å². The molecule has 290 valence electrons. The lowest BCUT2D eigenvalue weighted by Gasteiger charge is -2.12. The molecule has 0 aromatic heterocycles. The number of hydrogen-bond acceptors (Lipinski definition) is 6. The highest BCUT2D eigenvalue weighted by Crippen LogP contribution is 2.15. The van der Waals surface area contributed by atoms with E-state index in [9.17, 15) is 19.8 Å². The highest BCUT2D eigenvalue weighted by atomic mass is 16.6. The Bertz CT molecular complexity index is 861. The highest BCUT2D eigenvalue weighted by molar-refractivity contribution is 5.69. The van der Waals surface area contributed by atoms with Crippen LogP contribution in [0.5, 0.6) is 0 Å². The number of carbonyl (C=O) groups excluding carboxylic acids is 2. The molecule has 0 saturated carbocycles. The van der Waals surface area contributed by atoms with Gasteiger partial charge in [0.15, 0.2) is 0 Å². The summed E-state index contributed by atoms with van der Waals surface area (Å²) in [4.78, 5) is 23.9. The molecule has 0 amide bonds. The van der Waals surface area contributed by atoms with E-state index in [0.29, 0.717) is 19.3 Å². The largest absolute Gasteiger partial charge is 0.463 e. The molecule has 2 atom stereocenters. The normalized spacial score (nSPS) is 13.3. The molecule has 50 heavy (non-hydrogen) atoms. The number of aliphatic hydroxyl groups is 2. The molecule has 0 heterocycles. The lowest BCUT2D eigenvalue weighted by Crippen LogP contribution is -2.25. The molecule has 0 unspecified atom stereocenters. The minimum Gasteiger partial charge on any atom is -0.463 e. The first-order chi connectivity index (χ1) is 24.5. The third-order valence-corrected chi connectivity index (χ3v) is 8.90. The van der Waals surface area contributed by atoms with Crippen LogP contribution in [0.3, 0.4) is 0 Å². The van der Waals surface area contributed by atoms with Crippen molar-refractivity contribution in [2.24, 2.45) is 0 Å². The topological polar surface area (TPSA) is 93.1 Å². The van der Waals surface area contributed by atoms with E-state index < -0.39 is 12.2 Å². The predicted octanol–water partition coefficient (Wildman–Crippen LogP) is 12.0. The van der Waals surface area contributed by atoms with Gasteiger partial charge in [-0.05, 0) is 44.9 Å². The van der Waals surface area contributed by atoms with Crippen LogP contribution in [0.2, 0.25) is 0 Å². The molecule has 0 aromatic rings. The van der Waals surface area contributed by atoms with Crippen LogP contribution in [0.4, 0.5) is 0 Å². The van der Waals surface area contributed by atoms with E-state index in [0.717, 1.165) is 38.5 Å². The minimum absolute atomic E-state index is 0.147. The lowest BCUT2D eigenvalue weighted by atomic mass is 10.0. The second kappa shape index (κ2) is 39.6. The Kier molecular flexibility index (Phi) is 37.9. The number of rotatable bonds is 37. The van der Waals surface area contributed by atoms with Crippen LogP contribution < -0.4 is 0 Å². The van der Waals surface area contributed by atoms with Crippen LogP contribution in [-0.4, -0.2) is 47.6 Å². The highest BCUT2D eigenvalue weighted by Gasteiger charge is 2.12. The van der Waals surface area contributed by atoms with Crippen LogP contribution in [0.25, 0.3) is 0 Å². The van der Waals surface area contributed by atoms with E-state index >= 15 is 0 Å². The molecule has 6 heteroatoms. The van der Waals surface area contributed by atoms with Crippen LogP contribution in [-0.2, 0) is 19.1 Å². The van der Waals surface area contributed by atoms with E-state index in [4.69, 9.17) is 9.47 Å². The Morgan fingerprint density at radius 2 is 0.940 bits per heavy atom. The molecule has 0 aliphatic heterocycles. The van der Waals surface area contributed by atoms with Crippen molar-refractivity contribution in [1.29, 1.82) is 0 Å². The fourth-order valence-electron chi connectivity index (χ4n) is 5.69. The Hall–Kier alpha value is -2.18. The smallest absolute Gasteiger partial charge is 0.305 e. The Morgan fingerprint density at radius 1 is 0.500 bits per heavy atom. The molecular weight excluding hydrogens is 624 g/mol. The molecule has 0 radical (unpaired) electrons. The average Bonchev–Trinajstić information content (AvgIpc) is 3.11. The quantitative estimate of drug-likeness (QED) is 0.0290. The van der Waals surface area contributed by atoms with Crippen LogP contribution in [0.1, 0.15) is 194 Å². The summed E-state index contributed by atoms with van der Waals surface area (Å²) in [5, 5.41) is 20.0. The second-order valence-electron chi connectivity index (χ2n) is 14.0. The third kappa shape index (κ3) is 38.6. The summed E-state index contributed by atoms with van der Waals surface area (Å²) in [7, 11) is 0. The Labute approximate surface area is 308 Å². The second-order valence-corrected chi connectivity index (χ2v) is 14.0. The van der Waals surface area contributed by atoms with Crippen molar-refractivity contribution < 1.29 is 29.3 Å². The molecule has 0 aliphatic rings. The summed E-state index contributed by atoms with van der Waals surface area (Å²) < 4.78 is 10.3. The monoisotopic (exact) mass is 703 g/mol. The first-order valence-electron chi connectivity index (χ1n) is 20.8. The van der Waals surface area contributed by atoms with Gasteiger partial charge in [0.2, 0.25) is 0 Å². The molecule has 0 aromatic carbocycles. The number of hydrogen-bond donors (Lipinski definition) is 2. The lowest BCUT2D eigenvalue weighted by molar-refractivity contribution is -0.152. The van der Waals surface area contributed by atoms with Gasteiger partial charge in [-0.3, -0.25) is 9.59 Å². The summed E-state index contributed by atoms with van der Waals surface area (Å²) in [6.07, 6.45) is 46.3. The van der Waals surface area contributed by atoms with Gasteiger partial charge in [0.1, 0.15) is 19.3 Å². The average molecular weight is 703 g/mol. The van der Waals surface area contributed by atoms with Gasteiger partial charge in [-0.2, -0.15) is 0 Å². The van der Waals surface area contributed by atoms with Crippen LogP contribution >= 0.6 is 0 Å². The minimum atomic E-state index is -1.00. The summed E-state index contributed by atoms with van der Waals surface area (Å²) in [6.45, 7) is 4.16. The number of esters is 2. The first kappa shape index (κ1) is 47.8. The zero-order valence-corrected chi connectivity index (χ0v) is 32.5. The molecule has 0 spiro atoms. The van der Waals surface area contributed by atoms with Crippen LogP contribution in [0.15, 0.2) is 48.6 Å². The maximum Gasteiger partial charge on any atom is 0.305 e. The molecule has 0 aliphatic carbocycles. The van der Waals surface area contributed by atoms with Crippen molar-refractivity contribution >= 4 is 11.9 Å². The fraction of sp³-hybridized carbons (Fsp3) is 0.773. The standard InChI is InChI=1S/C44H78O6/c1-3-5-7-9-11-12-13-14-15-16-17-18-19-20-21-25-29-33-37-43(47)49-39-42(46)40-50-44(48)38-34-30-26-23-22-24-28-32-36-41(45)35-31-27-10-8-6-4-2/h23-24,26-28,31-32,36,41-42,45-46H,3-22,25,29-30,33-35,37-40H2,1-2H3/b26-23-,28-24-,31-27-,36-32+/t41-,42+/m1/s1. The summed E-state index contributed by atoms with van der Waals surface area (Å²) in [6, 6.07) is 0. The van der Waals surface area contributed by atoms with Crippen molar-refractivity contribution in [1.82, 2.24) is 0 Å². The zero-order chi connectivity index (χ0) is 36.6. The van der Waals surface area contributed by atoms with Crippen molar-refractivity contribution in [2.45, 2.75) is 206 Å². The Balaban J connectivity index is 3.56. The van der Waals surface area contributed by atoms with Gasteiger partial charge in [0.05, 0.1) is 6.10 Å². The van der Waals surface area contributed by atoms with Gasteiger partial charge < -0.3 is 19.7 Å². The summed E-state index contributed by atoms with van der Waals surface area (Å²) in [5.41, 5.74) is 0. The number of aliphatic hydroxyl groups excluding tert-OH is 2. The summed E-state index contributed by atoms with van der Waals surface area (Å²) in [5.74, 6) is -0.662. The van der Waals surface area contributed by atoms with Gasteiger partial charge >= 0.3 is 11.9 Å². The summed E-state index contributed by atoms with van der Waals surface area (Å²) >= 11 is 0. The fourth-order valence-corrected chi connectivity index (χ4v) is 5.69. The van der Waals surface area contributed by atoms with Gasteiger partial charge in [-0.15, -0.1) is 0 Å². The number of allylic oxidation sites excluding steroid dienone is 6. The molecule has 0 rings (SSSR count). The molecule has 0 saturated heterocycles. The van der Waals surface area contributed by atoms with E-state index in [1.807, 2.05) is 30.4 Å². The van der Waals surface area contributed by atoms with E-state index in [2.05, 4.69) is 26.0 Å². The molecule has 0 fully saturated rings. The maximum absolute atomic E-state index is 12.0. The zero-order valence-electron chi connectivity index (χ0n) is 32.5. The van der Waals surface area contributed by atoms with Gasteiger partial charge in [0.25, 0.3) is 0 Å². The van der Waals surface area contributed by atoms with E-state index in [1.165, 1.54) is 116 Å². The SMILES string of the molecule is CCCCC/C=C\C[C@@H](O)/C=C/C=C\C/C=C\CCCC(=O)OC[C@@H](O)COC(=O)CCCCCCCCCCCCCCCCCCCC. The number of unbranched alkanes of at least 4 members (excludes halogenated alkanes) is 21. The van der Waals surface area contributed by atoms with E-state index in [-0.39, 0.29) is 31.6 Å². The van der Waals surface area contributed by atoms with Gasteiger partial charge in [0, 0.05) is 12.8 Å². The van der Waals surface area contributed by atoms with Crippen molar-refractivity contribution in [3.63, 3.8) is 0 Å². The Morgan fingerprint density at radius 3 is 1.48 bits per heavy atom. The molecule has 0 bridgehead atoms. The number of carbonyl (C=O) groups is 2. The van der Waals surface area contributed by atoms with Crippen LogP contribution in [0, 0.1) is 0 Å². The van der Waals surface area contributed by atoms with Gasteiger partial charge in [-0.1, -0.05) is 184 Å². The first-order valence-corrected chi connectivity index (χ1v) is 20.8. The van der Waals surface area contributed by atoms with E-state index in [1.54, 1.807) is 6.08 Å². The van der Waals surface area contributed by atoms with Crippen molar-refractivity contribution in [2.75, 3.05) is 13.2 Å². The van der Waals surface area contributed by atoms with Gasteiger partial charge in [-0.25, -0.2) is 0 Å². The molecular formula is C44H78O6. The third-order valence-electron chi connectivity index (χ3n) is 8.90.